The number of hydrogen-bond acceptors (Lipinski definition) is 5. The smallest absolute Gasteiger partial charge is 0.338 e. The topological polar surface area (TPSA) is 57.7 Å². The van der Waals surface area contributed by atoms with Gasteiger partial charge in [0.2, 0.25) is 0 Å². The molecule has 0 amide bonds. The largest absolute Gasteiger partial charge is 0.459 e. The van der Waals surface area contributed by atoms with Crippen LogP contribution in [0, 0.1) is 0 Å². The van der Waals surface area contributed by atoms with Gasteiger partial charge in [-0.2, -0.15) is 0 Å². The molecule has 154 valence electrons. The highest BCUT2D eigenvalue weighted by Crippen LogP contribution is 2.26. The van der Waals surface area contributed by atoms with E-state index in [-0.39, 0.29) is 24.5 Å². The van der Waals surface area contributed by atoms with Crippen LogP contribution in [0.25, 0.3) is 22.0 Å². The van der Waals surface area contributed by atoms with Crippen molar-refractivity contribution in [2.45, 2.75) is 33.2 Å². The Kier molecular flexibility index (Phi) is 8.14. The number of carbonyl (C=O) groups is 1. The van der Waals surface area contributed by atoms with Crippen molar-refractivity contribution in [1.82, 2.24) is 4.98 Å². The van der Waals surface area contributed by atoms with E-state index in [0.717, 1.165) is 33.2 Å². The summed E-state index contributed by atoms with van der Waals surface area (Å²) < 4.78 is 15.9. The average molecular weight is 416 g/mol. The minimum absolute atomic E-state index is 0. The number of benzene rings is 2. The molecule has 0 saturated heterocycles. The van der Waals surface area contributed by atoms with Gasteiger partial charge in [-0.1, -0.05) is 12.1 Å². The Morgan fingerprint density at radius 3 is 2.07 bits per heavy atom. The number of pyridine rings is 1. The lowest BCUT2D eigenvalue weighted by Crippen LogP contribution is -2.11. The predicted octanol–water partition coefficient (Wildman–Crippen LogP) is 5.18. The molecule has 0 radical (unpaired) electrons. The zero-order valence-corrected chi connectivity index (χ0v) is 17.9. The lowest BCUT2D eigenvalue weighted by atomic mass is 10.0. The summed E-state index contributed by atoms with van der Waals surface area (Å²) in [6.45, 7) is 4.73. The van der Waals surface area contributed by atoms with Crippen LogP contribution in [-0.2, 0) is 27.4 Å². The van der Waals surface area contributed by atoms with Crippen molar-refractivity contribution < 1.29 is 19.0 Å². The molecule has 6 heteroatoms. The molecular formula is C23H26ClNO4. The lowest BCUT2D eigenvalue weighted by molar-refractivity contribution is 0.0378. The fourth-order valence-corrected chi connectivity index (χ4v) is 3.08. The van der Waals surface area contributed by atoms with Gasteiger partial charge in [-0.15, -0.1) is 12.4 Å². The van der Waals surface area contributed by atoms with E-state index in [0.29, 0.717) is 18.8 Å². The maximum atomic E-state index is 12.0. The standard InChI is InChI=1S/C23H25NO4.ClH/c1-15(2)28-23(25)17-7-5-16(6-8-17)22-11-18-9-20(13-26-3)21(14-27-4)10-19(18)12-24-22;/h5-12,15H,13-14H2,1-4H3;1H. The molecule has 1 aromatic heterocycles. The Morgan fingerprint density at radius 1 is 0.931 bits per heavy atom. The summed E-state index contributed by atoms with van der Waals surface area (Å²) in [6.07, 6.45) is 1.72. The minimum Gasteiger partial charge on any atom is -0.459 e. The summed E-state index contributed by atoms with van der Waals surface area (Å²) in [6, 6.07) is 13.6. The highest BCUT2D eigenvalue weighted by atomic mass is 35.5. The summed E-state index contributed by atoms with van der Waals surface area (Å²) in [5.74, 6) is -0.317. The van der Waals surface area contributed by atoms with Gasteiger partial charge in [0.1, 0.15) is 0 Å². The highest BCUT2D eigenvalue weighted by Gasteiger charge is 2.11. The second-order valence-electron chi connectivity index (χ2n) is 6.94. The second-order valence-corrected chi connectivity index (χ2v) is 6.94. The van der Waals surface area contributed by atoms with Crippen molar-refractivity contribution in [2.24, 2.45) is 0 Å². The molecule has 0 fully saturated rings. The summed E-state index contributed by atoms with van der Waals surface area (Å²) in [4.78, 5) is 16.6. The molecule has 0 aliphatic carbocycles. The van der Waals surface area contributed by atoms with Crippen LogP contribution in [0.1, 0.15) is 35.3 Å². The van der Waals surface area contributed by atoms with Gasteiger partial charge < -0.3 is 14.2 Å². The van der Waals surface area contributed by atoms with Crippen LogP contribution < -0.4 is 0 Å². The summed E-state index contributed by atoms with van der Waals surface area (Å²) >= 11 is 0. The first-order valence-corrected chi connectivity index (χ1v) is 9.22. The van der Waals surface area contributed by atoms with Crippen LogP contribution >= 0.6 is 12.4 Å². The van der Waals surface area contributed by atoms with Crippen LogP contribution in [0.4, 0.5) is 0 Å². The van der Waals surface area contributed by atoms with Gasteiger partial charge >= 0.3 is 5.97 Å². The van der Waals surface area contributed by atoms with Crippen LogP contribution in [0.15, 0.2) is 48.7 Å². The van der Waals surface area contributed by atoms with Gasteiger partial charge in [0.05, 0.1) is 30.6 Å². The molecule has 1 heterocycles. The number of hydrogen-bond donors (Lipinski definition) is 0. The van der Waals surface area contributed by atoms with E-state index in [9.17, 15) is 4.79 Å². The van der Waals surface area contributed by atoms with E-state index in [1.54, 1.807) is 26.4 Å². The number of rotatable bonds is 7. The molecule has 2 aromatic carbocycles. The number of ether oxygens (including phenoxy) is 3. The van der Waals surface area contributed by atoms with Crippen LogP contribution in [0.2, 0.25) is 0 Å². The third kappa shape index (κ3) is 5.54. The molecule has 3 aromatic rings. The molecule has 0 saturated carbocycles. The highest BCUT2D eigenvalue weighted by molar-refractivity contribution is 5.91. The molecule has 0 N–H and O–H groups in total. The summed E-state index contributed by atoms with van der Waals surface area (Å²) in [5.41, 5.74) is 4.52. The van der Waals surface area contributed by atoms with Gasteiger partial charge in [0.15, 0.2) is 0 Å². The maximum absolute atomic E-state index is 12.0. The number of methoxy groups -OCH3 is 2. The average Bonchev–Trinajstić information content (AvgIpc) is 2.68. The van der Waals surface area contributed by atoms with Gasteiger partial charge in [0, 0.05) is 31.4 Å². The number of halogens is 1. The number of carbonyl (C=O) groups excluding carboxylic acids is 1. The molecule has 0 atom stereocenters. The van der Waals surface area contributed by atoms with E-state index in [4.69, 9.17) is 14.2 Å². The van der Waals surface area contributed by atoms with E-state index >= 15 is 0 Å². The molecule has 0 spiro atoms. The Labute approximate surface area is 177 Å². The van der Waals surface area contributed by atoms with Gasteiger partial charge in [-0.05, 0) is 60.7 Å². The molecule has 5 nitrogen and oxygen atoms in total. The van der Waals surface area contributed by atoms with Gasteiger partial charge in [-0.3, -0.25) is 4.98 Å². The summed E-state index contributed by atoms with van der Waals surface area (Å²) in [7, 11) is 3.37. The van der Waals surface area contributed by atoms with Crippen LogP contribution in [0.3, 0.4) is 0 Å². The van der Waals surface area contributed by atoms with E-state index < -0.39 is 0 Å². The third-order valence-electron chi connectivity index (χ3n) is 4.40. The third-order valence-corrected chi connectivity index (χ3v) is 4.40. The predicted molar refractivity (Wildman–Crippen MR) is 116 cm³/mol. The number of esters is 1. The number of nitrogens with zero attached hydrogens (tertiary/aromatic N) is 1. The fourth-order valence-electron chi connectivity index (χ4n) is 3.08. The van der Waals surface area contributed by atoms with Crippen molar-refractivity contribution in [2.75, 3.05) is 14.2 Å². The van der Waals surface area contributed by atoms with Crippen molar-refractivity contribution in [1.29, 1.82) is 0 Å². The SMILES string of the molecule is COCc1cc2cnc(-c3ccc(C(=O)OC(C)C)cc3)cc2cc1COC.Cl. The maximum Gasteiger partial charge on any atom is 0.338 e. The second kappa shape index (κ2) is 10.3. The monoisotopic (exact) mass is 415 g/mol. The molecule has 29 heavy (non-hydrogen) atoms. The molecule has 0 bridgehead atoms. The number of aromatic nitrogens is 1. The normalized spacial score (nSPS) is 10.8. The molecule has 0 unspecified atom stereocenters. The molecule has 3 rings (SSSR count). The van der Waals surface area contributed by atoms with E-state index in [1.165, 1.54) is 0 Å². The van der Waals surface area contributed by atoms with Crippen molar-refractivity contribution in [3.8, 4) is 11.3 Å². The molecular weight excluding hydrogens is 390 g/mol. The minimum atomic E-state index is -0.317. The first-order valence-electron chi connectivity index (χ1n) is 9.22. The van der Waals surface area contributed by atoms with Crippen molar-refractivity contribution >= 4 is 29.1 Å². The zero-order chi connectivity index (χ0) is 20.1. The first-order chi connectivity index (χ1) is 13.5. The van der Waals surface area contributed by atoms with Gasteiger partial charge in [-0.25, -0.2) is 4.79 Å². The van der Waals surface area contributed by atoms with Gasteiger partial charge in [0.25, 0.3) is 0 Å². The van der Waals surface area contributed by atoms with Crippen LogP contribution in [0.5, 0.6) is 0 Å². The first kappa shape index (κ1) is 22.8. The molecule has 0 aliphatic rings. The Bertz CT molecular complexity index is 971. The van der Waals surface area contributed by atoms with Crippen molar-refractivity contribution in [3.63, 3.8) is 0 Å². The Morgan fingerprint density at radius 2 is 1.52 bits per heavy atom. The Balaban J connectivity index is 0.00000300. The van der Waals surface area contributed by atoms with E-state index in [1.807, 2.05) is 38.2 Å². The fraction of sp³-hybridized carbons (Fsp3) is 0.304. The zero-order valence-electron chi connectivity index (χ0n) is 17.1. The lowest BCUT2D eigenvalue weighted by Gasteiger charge is -2.12. The molecule has 0 aliphatic heterocycles. The Hall–Kier alpha value is -2.47. The summed E-state index contributed by atoms with van der Waals surface area (Å²) in [5, 5.41) is 2.13. The number of fused-ring (bicyclic) bond motifs is 1. The van der Waals surface area contributed by atoms with Crippen LogP contribution in [-0.4, -0.2) is 31.3 Å². The quantitative estimate of drug-likeness (QED) is 0.497. The van der Waals surface area contributed by atoms with Crippen molar-refractivity contribution in [3.05, 3.63) is 65.4 Å². The van der Waals surface area contributed by atoms with E-state index in [2.05, 4.69) is 17.1 Å².